The summed E-state index contributed by atoms with van der Waals surface area (Å²) in [7, 11) is 0. The molecule has 0 saturated carbocycles. The first-order valence-electron chi connectivity index (χ1n) is 7.25. The van der Waals surface area contributed by atoms with E-state index in [1.807, 2.05) is 23.1 Å². The van der Waals surface area contributed by atoms with Crippen LogP contribution in [0, 0.1) is 0 Å². The summed E-state index contributed by atoms with van der Waals surface area (Å²) in [6, 6.07) is 12.0. The van der Waals surface area contributed by atoms with Gasteiger partial charge >= 0.3 is 0 Å². The quantitative estimate of drug-likeness (QED) is 0.848. The van der Waals surface area contributed by atoms with Gasteiger partial charge in [-0.2, -0.15) is 0 Å². The van der Waals surface area contributed by atoms with Crippen molar-refractivity contribution in [2.45, 2.75) is 19.1 Å². The molecule has 21 heavy (non-hydrogen) atoms. The maximum Gasteiger partial charge on any atom is 0.256 e. The van der Waals surface area contributed by atoms with Crippen LogP contribution in [0.4, 0.5) is 0 Å². The van der Waals surface area contributed by atoms with Gasteiger partial charge in [0.25, 0.3) is 5.91 Å². The number of pyridine rings is 1. The van der Waals surface area contributed by atoms with E-state index in [0.717, 1.165) is 24.3 Å². The molecule has 0 radical (unpaired) electrons. The first kappa shape index (κ1) is 12.5. The second kappa shape index (κ2) is 4.97. The normalized spacial score (nSPS) is 20.3. The van der Waals surface area contributed by atoms with Crippen molar-refractivity contribution in [1.82, 2.24) is 9.88 Å². The third kappa shape index (κ3) is 2.12. The standard InChI is InChI=1S/C17H16N2O2/c20-17-14-6-3-8-18-15(14)10-19(17)11-16-13-5-2-1-4-12(13)7-9-21-16/h1-6,8,16H,7,9-11H2. The first-order valence-corrected chi connectivity index (χ1v) is 7.25. The summed E-state index contributed by atoms with van der Waals surface area (Å²) in [6.07, 6.45) is 2.65. The van der Waals surface area contributed by atoms with Crippen LogP contribution < -0.4 is 0 Å². The van der Waals surface area contributed by atoms with Gasteiger partial charge < -0.3 is 9.64 Å². The summed E-state index contributed by atoms with van der Waals surface area (Å²) < 4.78 is 5.90. The molecule has 2 aromatic rings. The van der Waals surface area contributed by atoms with Gasteiger partial charge in [0.05, 0.1) is 31.0 Å². The van der Waals surface area contributed by atoms with Gasteiger partial charge in [-0.3, -0.25) is 9.78 Å². The maximum atomic E-state index is 12.4. The van der Waals surface area contributed by atoms with Gasteiger partial charge in [-0.15, -0.1) is 0 Å². The van der Waals surface area contributed by atoms with Crippen molar-refractivity contribution >= 4 is 5.91 Å². The monoisotopic (exact) mass is 280 g/mol. The Labute approximate surface area is 123 Å². The second-order valence-electron chi connectivity index (χ2n) is 5.49. The van der Waals surface area contributed by atoms with E-state index >= 15 is 0 Å². The van der Waals surface area contributed by atoms with E-state index in [9.17, 15) is 4.79 Å². The van der Waals surface area contributed by atoms with Crippen LogP contribution in [0.1, 0.15) is 33.3 Å². The Morgan fingerprint density at radius 1 is 1.24 bits per heavy atom. The molecule has 0 N–H and O–H groups in total. The zero-order valence-corrected chi connectivity index (χ0v) is 11.7. The number of aromatic nitrogens is 1. The molecular formula is C17H16N2O2. The molecule has 1 aromatic carbocycles. The lowest BCUT2D eigenvalue weighted by atomic mass is 9.97. The number of amides is 1. The molecule has 2 aliphatic heterocycles. The molecule has 2 aliphatic rings. The molecule has 1 amide bonds. The number of benzene rings is 1. The highest BCUT2D eigenvalue weighted by molar-refractivity contribution is 5.97. The zero-order valence-electron chi connectivity index (χ0n) is 11.7. The molecule has 4 heteroatoms. The number of nitrogens with zero attached hydrogens (tertiary/aromatic N) is 2. The van der Waals surface area contributed by atoms with Crippen LogP contribution in [0.5, 0.6) is 0 Å². The summed E-state index contributed by atoms with van der Waals surface area (Å²) >= 11 is 0. The Balaban J connectivity index is 1.58. The molecule has 3 heterocycles. The number of carbonyl (C=O) groups is 1. The Morgan fingerprint density at radius 2 is 2.14 bits per heavy atom. The predicted octanol–water partition coefficient (Wildman–Crippen LogP) is 2.35. The molecule has 0 bridgehead atoms. The van der Waals surface area contributed by atoms with Crippen molar-refractivity contribution in [3.05, 3.63) is 65.0 Å². The van der Waals surface area contributed by atoms with Crippen LogP contribution in [0.25, 0.3) is 0 Å². The third-order valence-corrected chi connectivity index (χ3v) is 4.23. The van der Waals surface area contributed by atoms with E-state index in [1.54, 1.807) is 6.20 Å². The number of rotatable bonds is 2. The van der Waals surface area contributed by atoms with Crippen LogP contribution in [-0.2, 0) is 17.7 Å². The van der Waals surface area contributed by atoms with E-state index in [4.69, 9.17) is 4.74 Å². The van der Waals surface area contributed by atoms with Crippen molar-refractivity contribution in [3.8, 4) is 0 Å². The number of fused-ring (bicyclic) bond motifs is 2. The molecular weight excluding hydrogens is 264 g/mol. The van der Waals surface area contributed by atoms with Crippen LogP contribution in [-0.4, -0.2) is 28.9 Å². The maximum absolute atomic E-state index is 12.4. The van der Waals surface area contributed by atoms with Crippen LogP contribution >= 0.6 is 0 Å². The minimum atomic E-state index is -0.0341. The van der Waals surface area contributed by atoms with Gasteiger partial charge in [0.2, 0.25) is 0 Å². The fourth-order valence-electron chi connectivity index (χ4n) is 3.16. The Kier molecular flexibility index (Phi) is 2.97. The summed E-state index contributed by atoms with van der Waals surface area (Å²) in [4.78, 5) is 18.5. The number of ether oxygens (including phenoxy) is 1. The summed E-state index contributed by atoms with van der Waals surface area (Å²) in [6.45, 7) is 1.89. The molecule has 1 aromatic heterocycles. The van der Waals surface area contributed by atoms with Gasteiger partial charge in [0.15, 0.2) is 0 Å². The molecule has 1 unspecified atom stereocenters. The Bertz CT molecular complexity index is 699. The van der Waals surface area contributed by atoms with Crippen LogP contribution in [0.2, 0.25) is 0 Å². The van der Waals surface area contributed by atoms with E-state index in [-0.39, 0.29) is 12.0 Å². The second-order valence-corrected chi connectivity index (χ2v) is 5.49. The number of carbonyl (C=O) groups excluding carboxylic acids is 1. The smallest absolute Gasteiger partial charge is 0.256 e. The van der Waals surface area contributed by atoms with Crippen molar-refractivity contribution in [2.24, 2.45) is 0 Å². The molecule has 1 atom stereocenters. The van der Waals surface area contributed by atoms with Gasteiger partial charge in [-0.05, 0) is 29.7 Å². The SMILES string of the molecule is O=C1c2cccnc2CN1CC1OCCc2ccccc21. The Hall–Kier alpha value is -2.20. The molecule has 0 aliphatic carbocycles. The van der Waals surface area contributed by atoms with Crippen molar-refractivity contribution in [3.63, 3.8) is 0 Å². The lowest BCUT2D eigenvalue weighted by Gasteiger charge is -2.29. The third-order valence-electron chi connectivity index (χ3n) is 4.23. The van der Waals surface area contributed by atoms with Crippen molar-refractivity contribution < 1.29 is 9.53 Å². The summed E-state index contributed by atoms with van der Waals surface area (Å²) in [5.41, 5.74) is 4.13. The zero-order chi connectivity index (χ0) is 14.2. The summed E-state index contributed by atoms with van der Waals surface area (Å²) in [5, 5.41) is 0. The average molecular weight is 280 g/mol. The van der Waals surface area contributed by atoms with Crippen LogP contribution in [0.15, 0.2) is 42.6 Å². The molecule has 4 nitrogen and oxygen atoms in total. The molecule has 106 valence electrons. The predicted molar refractivity (Wildman–Crippen MR) is 77.8 cm³/mol. The minimum Gasteiger partial charge on any atom is -0.371 e. The van der Waals surface area contributed by atoms with E-state index in [2.05, 4.69) is 23.2 Å². The molecule has 4 rings (SSSR count). The molecule has 0 spiro atoms. The lowest BCUT2D eigenvalue weighted by Crippen LogP contribution is -2.32. The van der Waals surface area contributed by atoms with E-state index in [0.29, 0.717) is 13.1 Å². The fraction of sp³-hybridized carbons (Fsp3) is 0.294. The highest BCUT2D eigenvalue weighted by Gasteiger charge is 2.31. The van der Waals surface area contributed by atoms with Crippen LogP contribution in [0.3, 0.4) is 0 Å². The summed E-state index contributed by atoms with van der Waals surface area (Å²) in [5.74, 6) is 0.0600. The topological polar surface area (TPSA) is 42.4 Å². The lowest BCUT2D eigenvalue weighted by molar-refractivity contribution is 0.0159. The Morgan fingerprint density at radius 3 is 3.05 bits per heavy atom. The largest absolute Gasteiger partial charge is 0.371 e. The van der Waals surface area contributed by atoms with Gasteiger partial charge in [0.1, 0.15) is 6.10 Å². The van der Waals surface area contributed by atoms with Gasteiger partial charge in [-0.25, -0.2) is 0 Å². The highest BCUT2D eigenvalue weighted by Crippen LogP contribution is 2.30. The first-order chi connectivity index (χ1) is 10.3. The number of hydrogen-bond acceptors (Lipinski definition) is 3. The van der Waals surface area contributed by atoms with Crippen molar-refractivity contribution in [2.75, 3.05) is 13.2 Å². The fourth-order valence-corrected chi connectivity index (χ4v) is 3.16. The van der Waals surface area contributed by atoms with E-state index in [1.165, 1.54) is 11.1 Å². The van der Waals surface area contributed by atoms with Gasteiger partial charge in [-0.1, -0.05) is 24.3 Å². The minimum absolute atomic E-state index is 0.0341. The van der Waals surface area contributed by atoms with Crippen molar-refractivity contribution in [1.29, 1.82) is 0 Å². The highest BCUT2D eigenvalue weighted by atomic mass is 16.5. The molecule has 0 saturated heterocycles. The van der Waals surface area contributed by atoms with E-state index < -0.39 is 0 Å². The van der Waals surface area contributed by atoms with Gasteiger partial charge in [0, 0.05) is 6.20 Å². The molecule has 0 fully saturated rings. The average Bonchev–Trinajstić information content (AvgIpc) is 2.85. The number of hydrogen-bond donors (Lipinski definition) is 0.